The number of rotatable bonds is 5. The van der Waals surface area contributed by atoms with Crippen molar-refractivity contribution in [1.29, 1.82) is 0 Å². The molecule has 22 heavy (non-hydrogen) atoms. The summed E-state index contributed by atoms with van der Waals surface area (Å²) in [6.07, 6.45) is 2.63. The molecule has 0 amide bonds. The Morgan fingerprint density at radius 1 is 1.18 bits per heavy atom. The second-order valence-corrected chi connectivity index (χ2v) is 8.17. The molecule has 120 valence electrons. The van der Waals surface area contributed by atoms with Gasteiger partial charge in [-0.15, -0.1) is 0 Å². The Morgan fingerprint density at radius 2 is 1.86 bits per heavy atom. The SMILES string of the molecule is CC(=O)c1cccc(S(=O)(=O)N2CCN(CC3CC3)CC2)c1. The minimum atomic E-state index is -3.50. The molecule has 1 aliphatic heterocycles. The number of nitrogens with zero attached hydrogens (tertiary/aromatic N) is 2. The molecule has 0 radical (unpaired) electrons. The number of Topliss-reactive ketones (excluding diaryl/α,β-unsaturated/α-hetero) is 1. The van der Waals surface area contributed by atoms with E-state index >= 15 is 0 Å². The zero-order valence-corrected chi connectivity index (χ0v) is 13.7. The molecule has 2 aliphatic rings. The average Bonchev–Trinajstić information content (AvgIpc) is 3.32. The van der Waals surface area contributed by atoms with E-state index in [1.54, 1.807) is 18.2 Å². The molecule has 0 spiro atoms. The number of piperazine rings is 1. The van der Waals surface area contributed by atoms with Crippen molar-refractivity contribution in [1.82, 2.24) is 9.21 Å². The molecule has 2 fully saturated rings. The molecule has 1 aromatic carbocycles. The average molecular weight is 322 g/mol. The van der Waals surface area contributed by atoms with Crippen LogP contribution in [-0.4, -0.2) is 56.1 Å². The van der Waals surface area contributed by atoms with E-state index in [0.29, 0.717) is 18.7 Å². The lowest BCUT2D eigenvalue weighted by Gasteiger charge is -2.34. The zero-order valence-electron chi connectivity index (χ0n) is 12.9. The standard InChI is InChI=1S/C16H22N2O3S/c1-13(19)15-3-2-4-16(11-15)22(20,21)18-9-7-17(8-10-18)12-14-5-6-14/h2-4,11,14H,5-10,12H2,1H3. The van der Waals surface area contributed by atoms with Crippen molar-refractivity contribution in [3.8, 4) is 0 Å². The van der Waals surface area contributed by atoms with Gasteiger partial charge in [-0.2, -0.15) is 4.31 Å². The zero-order chi connectivity index (χ0) is 15.7. The van der Waals surface area contributed by atoms with E-state index in [9.17, 15) is 13.2 Å². The van der Waals surface area contributed by atoms with Gasteiger partial charge in [0.05, 0.1) is 4.90 Å². The normalized spacial score (nSPS) is 21.0. The highest BCUT2D eigenvalue weighted by atomic mass is 32.2. The van der Waals surface area contributed by atoms with Gasteiger partial charge < -0.3 is 4.90 Å². The number of benzene rings is 1. The Morgan fingerprint density at radius 3 is 2.45 bits per heavy atom. The van der Waals surface area contributed by atoms with Gasteiger partial charge in [0.25, 0.3) is 0 Å². The van der Waals surface area contributed by atoms with Crippen molar-refractivity contribution in [2.75, 3.05) is 32.7 Å². The van der Waals surface area contributed by atoms with Crippen LogP contribution in [0.15, 0.2) is 29.2 Å². The molecule has 0 bridgehead atoms. The summed E-state index contributed by atoms with van der Waals surface area (Å²) >= 11 is 0. The third kappa shape index (κ3) is 3.39. The number of hydrogen-bond acceptors (Lipinski definition) is 4. The van der Waals surface area contributed by atoms with E-state index in [-0.39, 0.29) is 10.7 Å². The molecule has 5 nitrogen and oxygen atoms in total. The Labute approximate surface area is 132 Å². The number of sulfonamides is 1. The van der Waals surface area contributed by atoms with Gasteiger partial charge >= 0.3 is 0 Å². The molecule has 0 unspecified atom stereocenters. The summed E-state index contributed by atoms with van der Waals surface area (Å²) in [5.41, 5.74) is 0.438. The van der Waals surface area contributed by atoms with Gasteiger partial charge in [-0.1, -0.05) is 12.1 Å². The highest BCUT2D eigenvalue weighted by molar-refractivity contribution is 7.89. The van der Waals surface area contributed by atoms with E-state index in [1.807, 2.05) is 0 Å². The van der Waals surface area contributed by atoms with Gasteiger partial charge in [0.2, 0.25) is 10.0 Å². The molecule has 1 saturated heterocycles. The predicted molar refractivity (Wildman–Crippen MR) is 84.4 cm³/mol. The molecule has 6 heteroatoms. The topological polar surface area (TPSA) is 57.7 Å². The first-order valence-electron chi connectivity index (χ1n) is 7.80. The molecule has 1 heterocycles. The minimum Gasteiger partial charge on any atom is -0.300 e. The van der Waals surface area contributed by atoms with Crippen molar-refractivity contribution >= 4 is 15.8 Å². The Hall–Kier alpha value is -1.24. The van der Waals surface area contributed by atoms with E-state index in [2.05, 4.69) is 4.90 Å². The lowest BCUT2D eigenvalue weighted by Crippen LogP contribution is -2.49. The van der Waals surface area contributed by atoms with Gasteiger partial charge in [-0.05, 0) is 37.8 Å². The number of hydrogen-bond donors (Lipinski definition) is 0. The third-order valence-corrected chi connectivity index (χ3v) is 6.32. The van der Waals surface area contributed by atoms with Crippen LogP contribution in [0, 0.1) is 5.92 Å². The van der Waals surface area contributed by atoms with Crippen LogP contribution < -0.4 is 0 Å². The molecule has 0 aromatic heterocycles. The van der Waals surface area contributed by atoms with Gasteiger partial charge in [-0.25, -0.2) is 8.42 Å². The highest BCUT2D eigenvalue weighted by Crippen LogP contribution is 2.30. The highest BCUT2D eigenvalue weighted by Gasteiger charge is 2.31. The van der Waals surface area contributed by atoms with E-state index in [4.69, 9.17) is 0 Å². The fourth-order valence-corrected chi connectivity index (χ4v) is 4.31. The molecule has 0 atom stereocenters. The summed E-state index contributed by atoms with van der Waals surface area (Å²) in [5, 5.41) is 0. The lowest BCUT2D eigenvalue weighted by molar-refractivity contribution is 0.101. The number of carbonyl (C=O) groups excluding carboxylic acids is 1. The smallest absolute Gasteiger partial charge is 0.243 e. The second kappa shape index (κ2) is 6.10. The summed E-state index contributed by atoms with van der Waals surface area (Å²) in [4.78, 5) is 14.0. The minimum absolute atomic E-state index is 0.119. The van der Waals surface area contributed by atoms with Crippen molar-refractivity contribution < 1.29 is 13.2 Å². The van der Waals surface area contributed by atoms with Crippen LogP contribution in [0.2, 0.25) is 0 Å². The number of ketones is 1. The summed E-state index contributed by atoms with van der Waals surface area (Å²) in [6.45, 7) is 5.19. The molecule has 1 aliphatic carbocycles. The van der Waals surface area contributed by atoms with Gasteiger partial charge in [-0.3, -0.25) is 4.79 Å². The summed E-state index contributed by atoms with van der Waals surface area (Å²) in [7, 11) is -3.50. The molecular formula is C16H22N2O3S. The molecular weight excluding hydrogens is 300 g/mol. The van der Waals surface area contributed by atoms with Crippen LogP contribution in [0.3, 0.4) is 0 Å². The predicted octanol–water partition coefficient (Wildman–Crippen LogP) is 1.61. The van der Waals surface area contributed by atoms with Crippen molar-refractivity contribution in [3.63, 3.8) is 0 Å². The molecule has 3 rings (SSSR count). The third-order valence-electron chi connectivity index (χ3n) is 4.42. The summed E-state index contributed by atoms with van der Waals surface area (Å²) in [6, 6.07) is 6.33. The molecule has 1 saturated carbocycles. The maximum Gasteiger partial charge on any atom is 0.243 e. The van der Waals surface area contributed by atoms with E-state index in [0.717, 1.165) is 25.6 Å². The fraction of sp³-hybridized carbons (Fsp3) is 0.562. The Kier molecular flexibility index (Phi) is 4.34. The quantitative estimate of drug-likeness (QED) is 0.773. The monoisotopic (exact) mass is 322 g/mol. The lowest BCUT2D eigenvalue weighted by atomic mass is 10.2. The van der Waals surface area contributed by atoms with Crippen LogP contribution in [0.25, 0.3) is 0 Å². The Bertz CT molecular complexity index is 660. The maximum absolute atomic E-state index is 12.7. The van der Waals surface area contributed by atoms with Crippen molar-refractivity contribution in [2.45, 2.75) is 24.7 Å². The van der Waals surface area contributed by atoms with Crippen LogP contribution in [-0.2, 0) is 10.0 Å². The first-order valence-corrected chi connectivity index (χ1v) is 9.24. The van der Waals surface area contributed by atoms with Crippen molar-refractivity contribution in [3.05, 3.63) is 29.8 Å². The fourth-order valence-electron chi connectivity index (χ4n) is 2.84. The molecule has 0 N–H and O–H groups in total. The van der Waals surface area contributed by atoms with Crippen LogP contribution in [0.4, 0.5) is 0 Å². The number of carbonyl (C=O) groups is 1. The first kappa shape index (κ1) is 15.6. The second-order valence-electron chi connectivity index (χ2n) is 6.23. The van der Waals surface area contributed by atoms with Crippen LogP contribution in [0.5, 0.6) is 0 Å². The van der Waals surface area contributed by atoms with Crippen molar-refractivity contribution in [2.24, 2.45) is 5.92 Å². The van der Waals surface area contributed by atoms with Crippen LogP contribution >= 0.6 is 0 Å². The Balaban J connectivity index is 1.70. The van der Waals surface area contributed by atoms with Gasteiger partial charge in [0, 0.05) is 38.3 Å². The summed E-state index contributed by atoms with van der Waals surface area (Å²) < 4.78 is 26.9. The van der Waals surface area contributed by atoms with Gasteiger partial charge in [0.15, 0.2) is 5.78 Å². The van der Waals surface area contributed by atoms with Gasteiger partial charge in [0.1, 0.15) is 0 Å². The largest absolute Gasteiger partial charge is 0.300 e. The molecule has 1 aromatic rings. The van der Waals surface area contributed by atoms with E-state index < -0.39 is 10.0 Å². The van der Waals surface area contributed by atoms with E-state index in [1.165, 1.54) is 30.1 Å². The van der Waals surface area contributed by atoms with Crippen LogP contribution in [0.1, 0.15) is 30.1 Å². The maximum atomic E-state index is 12.7. The first-order chi connectivity index (χ1) is 10.5. The summed E-state index contributed by atoms with van der Waals surface area (Å²) in [5.74, 6) is 0.710.